The number of aliphatic hydroxyl groups excluding tert-OH is 1. The van der Waals surface area contributed by atoms with Crippen LogP contribution >= 0.6 is 0 Å². The van der Waals surface area contributed by atoms with Gasteiger partial charge in [-0.1, -0.05) is 30.0 Å². The molecule has 0 bridgehead atoms. The molecule has 0 aliphatic carbocycles. The van der Waals surface area contributed by atoms with E-state index in [4.69, 9.17) is 5.21 Å². The van der Waals surface area contributed by atoms with Crippen molar-refractivity contribution in [3.8, 4) is 11.8 Å². The van der Waals surface area contributed by atoms with Crippen LogP contribution in [0.2, 0.25) is 0 Å². The molecule has 1 aromatic rings. The zero-order valence-electron chi connectivity index (χ0n) is 20.0. The van der Waals surface area contributed by atoms with E-state index in [0.717, 1.165) is 49.7 Å². The van der Waals surface area contributed by atoms with Crippen molar-refractivity contribution in [1.29, 1.82) is 0 Å². The molecule has 0 radical (unpaired) electrons. The first-order valence-electron chi connectivity index (χ1n) is 11.7. The Balaban J connectivity index is 1.54. The van der Waals surface area contributed by atoms with E-state index < -0.39 is 20.5 Å². The smallest absolute Gasteiger partial charge is 0.264 e. The van der Waals surface area contributed by atoms with Crippen molar-refractivity contribution in [3.05, 3.63) is 41.5 Å². The molecule has 2 aliphatic rings. The molecule has 2 unspecified atom stereocenters. The number of sulfone groups is 1. The van der Waals surface area contributed by atoms with Crippen LogP contribution in [-0.4, -0.2) is 90.8 Å². The SMILES string of the molecule is CC(CCN1CC=C(c2ccc(C#CCN3CCCC3CO)cc2)CC1)(C(=O)NO)S(C)(=O)=O. The second kappa shape index (κ2) is 11.5. The summed E-state index contributed by atoms with van der Waals surface area (Å²) in [6.07, 6.45) is 6.23. The van der Waals surface area contributed by atoms with Crippen molar-refractivity contribution < 1.29 is 23.5 Å². The van der Waals surface area contributed by atoms with Crippen molar-refractivity contribution in [1.82, 2.24) is 15.3 Å². The maximum atomic E-state index is 12.1. The van der Waals surface area contributed by atoms with Gasteiger partial charge in [-0.15, -0.1) is 0 Å². The fourth-order valence-corrected chi connectivity index (χ4v) is 5.30. The van der Waals surface area contributed by atoms with Gasteiger partial charge >= 0.3 is 0 Å². The van der Waals surface area contributed by atoms with Crippen LogP contribution in [-0.2, 0) is 14.6 Å². The van der Waals surface area contributed by atoms with E-state index in [2.05, 4.69) is 39.8 Å². The van der Waals surface area contributed by atoms with E-state index in [9.17, 15) is 18.3 Å². The predicted octanol–water partition coefficient (Wildman–Crippen LogP) is 1.28. The highest BCUT2D eigenvalue weighted by Crippen LogP contribution is 2.26. The predicted molar refractivity (Wildman–Crippen MR) is 132 cm³/mol. The number of nitrogens with one attached hydrogen (secondary N) is 1. The highest BCUT2D eigenvalue weighted by Gasteiger charge is 2.43. The molecule has 8 nitrogen and oxygen atoms in total. The number of likely N-dealkylation sites (tertiary alicyclic amines) is 1. The van der Waals surface area contributed by atoms with Crippen molar-refractivity contribution in [2.24, 2.45) is 0 Å². The minimum absolute atomic E-state index is 0.102. The average molecular weight is 490 g/mol. The molecule has 2 heterocycles. The highest BCUT2D eigenvalue weighted by molar-refractivity contribution is 7.92. The first kappa shape index (κ1) is 26.4. The summed E-state index contributed by atoms with van der Waals surface area (Å²) in [7, 11) is -3.69. The highest BCUT2D eigenvalue weighted by atomic mass is 32.2. The molecule has 2 atom stereocenters. The molecule has 3 rings (SSSR count). The van der Waals surface area contributed by atoms with Gasteiger partial charge in [0.1, 0.15) is 0 Å². The third-order valence-electron chi connectivity index (χ3n) is 7.08. The van der Waals surface area contributed by atoms with Crippen molar-refractivity contribution >= 4 is 21.3 Å². The Morgan fingerprint density at radius 3 is 2.59 bits per heavy atom. The zero-order valence-corrected chi connectivity index (χ0v) is 20.8. The average Bonchev–Trinajstić information content (AvgIpc) is 3.29. The number of aliphatic hydroxyl groups is 1. The van der Waals surface area contributed by atoms with Crippen LogP contribution in [0.3, 0.4) is 0 Å². The molecule has 1 amide bonds. The minimum Gasteiger partial charge on any atom is -0.395 e. The molecule has 0 spiro atoms. The van der Waals surface area contributed by atoms with E-state index in [1.165, 1.54) is 18.0 Å². The molecule has 2 aliphatic heterocycles. The Morgan fingerprint density at radius 2 is 2.00 bits per heavy atom. The molecule has 3 N–H and O–H groups in total. The summed E-state index contributed by atoms with van der Waals surface area (Å²) in [6.45, 7) is 5.06. The number of carbonyl (C=O) groups is 1. The maximum Gasteiger partial charge on any atom is 0.264 e. The molecule has 0 saturated carbocycles. The minimum atomic E-state index is -3.69. The maximum absolute atomic E-state index is 12.1. The Bertz CT molecular complexity index is 1060. The Morgan fingerprint density at radius 1 is 1.26 bits per heavy atom. The van der Waals surface area contributed by atoms with Crippen LogP contribution in [0.15, 0.2) is 30.3 Å². The number of carbonyl (C=O) groups excluding carboxylic acids is 1. The van der Waals surface area contributed by atoms with Gasteiger partial charge in [-0.05, 0) is 62.4 Å². The van der Waals surface area contributed by atoms with E-state index in [-0.39, 0.29) is 19.1 Å². The number of benzene rings is 1. The number of amides is 1. The number of hydroxylamine groups is 1. The van der Waals surface area contributed by atoms with Gasteiger partial charge in [0.15, 0.2) is 14.6 Å². The summed E-state index contributed by atoms with van der Waals surface area (Å²) < 4.78 is 22.6. The van der Waals surface area contributed by atoms with E-state index >= 15 is 0 Å². The molecule has 1 fully saturated rings. The molecule has 186 valence electrons. The standard InChI is InChI=1S/C25H35N3O5S/c1-25(24(30)26-31,34(2,32)33)13-18-27-16-11-22(12-17-27)21-9-7-20(8-10-21)5-3-14-28-15-4-6-23(28)19-29/h7-11,23,29,31H,4,6,12-19H2,1-2H3,(H,26,30). The lowest BCUT2D eigenvalue weighted by Gasteiger charge is -2.31. The Kier molecular flexibility index (Phi) is 8.90. The summed E-state index contributed by atoms with van der Waals surface area (Å²) in [5.74, 6) is 5.53. The van der Waals surface area contributed by atoms with E-state index in [1.807, 2.05) is 12.1 Å². The number of hydrogen-bond donors (Lipinski definition) is 3. The third-order valence-corrected chi connectivity index (χ3v) is 9.11. The molecule has 0 aromatic heterocycles. The van der Waals surface area contributed by atoms with Crippen LogP contribution in [0.4, 0.5) is 0 Å². The van der Waals surface area contributed by atoms with Crippen LogP contribution < -0.4 is 5.48 Å². The van der Waals surface area contributed by atoms with Crippen molar-refractivity contribution in [3.63, 3.8) is 0 Å². The topological polar surface area (TPSA) is 110 Å². The number of nitrogens with zero attached hydrogens (tertiary/aromatic N) is 2. The normalized spacial score (nSPS) is 21.3. The molecule has 1 aromatic carbocycles. The third kappa shape index (κ3) is 6.26. The summed E-state index contributed by atoms with van der Waals surface area (Å²) in [6, 6.07) is 8.43. The Hall–Kier alpha value is -2.22. The van der Waals surface area contributed by atoms with Gasteiger partial charge < -0.3 is 5.11 Å². The molecular weight excluding hydrogens is 454 g/mol. The molecule has 1 saturated heterocycles. The van der Waals surface area contributed by atoms with Crippen molar-refractivity contribution in [2.45, 2.75) is 43.4 Å². The van der Waals surface area contributed by atoms with E-state index in [1.54, 1.807) is 0 Å². The van der Waals surface area contributed by atoms with Gasteiger partial charge in [-0.2, -0.15) is 0 Å². The van der Waals surface area contributed by atoms with Gasteiger partial charge in [-0.25, -0.2) is 13.9 Å². The van der Waals surface area contributed by atoms with E-state index in [0.29, 0.717) is 19.6 Å². The number of rotatable bonds is 8. The largest absolute Gasteiger partial charge is 0.395 e. The molecule has 34 heavy (non-hydrogen) atoms. The number of hydrogen-bond acceptors (Lipinski definition) is 7. The zero-order chi connectivity index (χ0) is 24.8. The fraction of sp³-hybridized carbons (Fsp3) is 0.560. The lowest BCUT2D eigenvalue weighted by atomic mass is 9.98. The fourth-order valence-electron chi connectivity index (χ4n) is 4.45. The van der Waals surface area contributed by atoms with Gasteiger partial charge in [0.25, 0.3) is 5.91 Å². The van der Waals surface area contributed by atoms with Gasteiger partial charge in [0.05, 0.1) is 13.2 Å². The molecular formula is C25H35N3O5S. The quantitative estimate of drug-likeness (QED) is 0.287. The van der Waals surface area contributed by atoms with Crippen LogP contribution in [0.5, 0.6) is 0 Å². The van der Waals surface area contributed by atoms with Gasteiger partial charge in [-0.3, -0.25) is 19.8 Å². The second-order valence-electron chi connectivity index (χ2n) is 9.30. The summed E-state index contributed by atoms with van der Waals surface area (Å²) in [4.78, 5) is 16.3. The summed E-state index contributed by atoms with van der Waals surface area (Å²) >= 11 is 0. The first-order valence-corrected chi connectivity index (χ1v) is 13.6. The summed E-state index contributed by atoms with van der Waals surface area (Å²) in [5, 5.41) is 18.4. The van der Waals surface area contributed by atoms with Gasteiger partial charge in [0.2, 0.25) is 0 Å². The van der Waals surface area contributed by atoms with Crippen LogP contribution in [0.1, 0.15) is 43.7 Å². The van der Waals surface area contributed by atoms with Crippen LogP contribution in [0, 0.1) is 11.8 Å². The van der Waals surface area contributed by atoms with Crippen LogP contribution in [0.25, 0.3) is 5.57 Å². The second-order valence-corrected chi connectivity index (χ2v) is 11.7. The monoisotopic (exact) mass is 489 g/mol. The van der Waals surface area contributed by atoms with Gasteiger partial charge in [0, 0.05) is 37.5 Å². The Labute approximate surface area is 202 Å². The first-order chi connectivity index (χ1) is 16.2. The summed E-state index contributed by atoms with van der Waals surface area (Å²) in [5.41, 5.74) is 4.83. The lowest BCUT2D eigenvalue weighted by Crippen LogP contribution is -2.51. The molecule has 9 heteroatoms. The lowest BCUT2D eigenvalue weighted by molar-refractivity contribution is -0.131. The van der Waals surface area contributed by atoms with Crippen molar-refractivity contribution in [2.75, 3.05) is 45.6 Å².